The van der Waals surface area contributed by atoms with Crippen molar-refractivity contribution in [2.45, 2.75) is 19.8 Å². The molecular formula is C16H23ClN2O2. The van der Waals surface area contributed by atoms with Crippen LogP contribution in [0.4, 0.5) is 5.69 Å². The minimum absolute atomic E-state index is 0. The monoisotopic (exact) mass is 310 g/mol. The molecule has 0 saturated carbocycles. The van der Waals surface area contributed by atoms with Crippen molar-refractivity contribution in [1.29, 1.82) is 0 Å². The lowest BCUT2D eigenvalue weighted by atomic mass is 9.89. The van der Waals surface area contributed by atoms with E-state index in [9.17, 15) is 4.79 Å². The van der Waals surface area contributed by atoms with Crippen LogP contribution in [0.1, 0.15) is 29.3 Å². The lowest BCUT2D eigenvalue weighted by Gasteiger charge is -2.31. The zero-order valence-electron chi connectivity index (χ0n) is 12.6. The van der Waals surface area contributed by atoms with Gasteiger partial charge in [-0.15, -0.1) is 12.4 Å². The van der Waals surface area contributed by atoms with Crippen molar-refractivity contribution in [3.63, 3.8) is 0 Å². The number of nitrogens with one attached hydrogen (secondary N) is 1. The quantitative estimate of drug-likeness (QED) is 0.870. The average molecular weight is 311 g/mol. The van der Waals surface area contributed by atoms with Crippen LogP contribution in [0.25, 0.3) is 0 Å². The molecule has 0 spiro atoms. The molecule has 4 nitrogen and oxygen atoms in total. The highest BCUT2D eigenvalue weighted by Crippen LogP contribution is 2.34. The lowest BCUT2D eigenvalue weighted by molar-refractivity contribution is 0.0600. The van der Waals surface area contributed by atoms with E-state index in [-0.39, 0.29) is 18.4 Å². The van der Waals surface area contributed by atoms with E-state index in [2.05, 4.69) is 23.2 Å². The number of benzene rings is 1. The van der Waals surface area contributed by atoms with Gasteiger partial charge in [0, 0.05) is 25.3 Å². The predicted molar refractivity (Wildman–Crippen MR) is 86.5 cm³/mol. The molecule has 1 atom stereocenters. The number of methoxy groups -OCH3 is 1. The number of hydrogen-bond donors (Lipinski definition) is 1. The van der Waals surface area contributed by atoms with Gasteiger partial charge in [0.15, 0.2) is 0 Å². The van der Waals surface area contributed by atoms with Crippen LogP contribution in [0.3, 0.4) is 0 Å². The molecule has 1 aromatic carbocycles. The van der Waals surface area contributed by atoms with Gasteiger partial charge >= 0.3 is 5.97 Å². The predicted octanol–water partition coefficient (Wildman–Crippen LogP) is 2.26. The highest BCUT2D eigenvalue weighted by Gasteiger charge is 2.33. The summed E-state index contributed by atoms with van der Waals surface area (Å²) in [5, 5.41) is 3.45. The summed E-state index contributed by atoms with van der Waals surface area (Å²) in [6.07, 6.45) is 2.25. The normalized spacial score (nSPS) is 23.6. The van der Waals surface area contributed by atoms with Crippen LogP contribution in [-0.4, -0.2) is 39.3 Å². The number of halogens is 1. The van der Waals surface area contributed by atoms with E-state index in [1.807, 2.05) is 12.1 Å². The molecule has 116 valence electrons. The number of fused-ring (bicyclic) bond motifs is 1. The molecule has 5 heteroatoms. The highest BCUT2D eigenvalue weighted by molar-refractivity contribution is 5.90. The van der Waals surface area contributed by atoms with Crippen molar-refractivity contribution >= 4 is 24.1 Å². The second-order valence-electron chi connectivity index (χ2n) is 6.24. The van der Waals surface area contributed by atoms with Gasteiger partial charge < -0.3 is 15.0 Å². The summed E-state index contributed by atoms with van der Waals surface area (Å²) in [4.78, 5) is 14.0. The summed E-state index contributed by atoms with van der Waals surface area (Å²) in [7, 11) is 1.43. The van der Waals surface area contributed by atoms with Crippen molar-refractivity contribution in [2.24, 2.45) is 5.41 Å². The Labute approximate surface area is 132 Å². The molecule has 2 aliphatic heterocycles. The van der Waals surface area contributed by atoms with E-state index < -0.39 is 0 Å². The van der Waals surface area contributed by atoms with Crippen LogP contribution in [0.5, 0.6) is 0 Å². The molecular weight excluding hydrogens is 288 g/mol. The summed E-state index contributed by atoms with van der Waals surface area (Å²) in [5.74, 6) is -0.252. The molecule has 0 bridgehead atoms. The number of carbonyl (C=O) groups excluding carboxylic acids is 1. The summed E-state index contributed by atoms with van der Waals surface area (Å²) in [6.45, 7) is 6.71. The van der Waals surface area contributed by atoms with Gasteiger partial charge in [0.2, 0.25) is 0 Å². The number of rotatable bonds is 3. The molecule has 1 unspecified atom stereocenters. The standard InChI is InChI=1S/C16H22N2O2.ClH/c1-16(6-7-17-10-16)11-18-8-5-12-9-13(15(19)20-2)3-4-14(12)18;/h3-4,9,17H,5-8,10-11H2,1-2H3;1H. The van der Waals surface area contributed by atoms with Crippen molar-refractivity contribution in [3.05, 3.63) is 29.3 Å². The van der Waals surface area contributed by atoms with Gasteiger partial charge in [-0.25, -0.2) is 4.79 Å². The first-order valence-electron chi connectivity index (χ1n) is 7.28. The number of carbonyl (C=O) groups is 1. The Balaban J connectivity index is 0.00000161. The lowest BCUT2D eigenvalue weighted by Crippen LogP contribution is -2.36. The SMILES string of the molecule is COC(=O)c1ccc2c(c1)CCN2CC1(C)CCNC1.Cl. The first kappa shape index (κ1) is 16.1. The molecule has 3 rings (SSSR count). The Morgan fingerprint density at radius 3 is 2.95 bits per heavy atom. The second-order valence-corrected chi connectivity index (χ2v) is 6.24. The Morgan fingerprint density at radius 2 is 2.29 bits per heavy atom. The van der Waals surface area contributed by atoms with E-state index in [0.29, 0.717) is 11.0 Å². The number of ether oxygens (including phenoxy) is 1. The molecule has 0 aliphatic carbocycles. The van der Waals surface area contributed by atoms with Gasteiger partial charge in [0.1, 0.15) is 0 Å². The minimum atomic E-state index is -0.252. The van der Waals surface area contributed by atoms with Crippen LogP contribution in [0, 0.1) is 5.41 Å². The van der Waals surface area contributed by atoms with E-state index in [4.69, 9.17) is 4.74 Å². The Kier molecular flexibility index (Phi) is 4.79. The van der Waals surface area contributed by atoms with Crippen LogP contribution < -0.4 is 10.2 Å². The van der Waals surface area contributed by atoms with Gasteiger partial charge in [-0.2, -0.15) is 0 Å². The molecule has 1 N–H and O–H groups in total. The fraction of sp³-hybridized carbons (Fsp3) is 0.562. The summed E-state index contributed by atoms with van der Waals surface area (Å²) in [6, 6.07) is 5.93. The van der Waals surface area contributed by atoms with Crippen molar-refractivity contribution in [1.82, 2.24) is 5.32 Å². The van der Waals surface area contributed by atoms with Gasteiger partial charge in [-0.1, -0.05) is 6.92 Å². The minimum Gasteiger partial charge on any atom is -0.465 e. The maximum Gasteiger partial charge on any atom is 0.337 e. The van der Waals surface area contributed by atoms with Gasteiger partial charge in [0.25, 0.3) is 0 Å². The number of esters is 1. The van der Waals surface area contributed by atoms with Gasteiger partial charge in [0.05, 0.1) is 12.7 Å². The Bertz CT molecular complexity index is 527. The van der Waals surface area contributed by atoms with E-state index >= 15 is 0 Å². The molecule has 1 aromatic rings. The van der Waals surface area contributed by atoms with Crippen LogP contribution in [0.15, 0.2) is 18.2 Å². The van der Waals surface area contributed by atoms with Crippen molar-refractivity contribution in [2.75, 3.05) is 38.2 Å². The Morgan fingerprint density at radius 1 is 1.48 bits per heavy atom. The number of nitrogens with zero attached hydrogens (tertiary/aromatic N) is 1. The van der Waals surface area contributed by atoms with Crippen molar-refractivity contribution in [3.8, 4) is 0 Å². The molecule has 1 fully saturated rings. The molecule has 2 heterocycles. The zero-order chi connectivity index (χ0) is 14.2. The summed E-state index contributed by atoms with van der Waals surface area (Å²) < 4.78 is 4.79. The van der Waals surface area contributed by atoms with Gasteiger partial charge in [-0.3, -0.25) is 0 Å². The second kappa shape index (κ2) is 6.24. The first-order valence-corrected chi connectivity index (χ1v) is 7.28. The molecule has 21 heavy (non-hydrogen) atoms. The molecule has 0 amide bonds. The fourth-order valence-corrected chi connectivity index (χ4v) is 3.34. The fourth-order valence-electron chi connectivity index (χ4n) is 3.34. The molecule has 0 aromatic heterocycles. The maximum atomic E-state index is 11.6. The zero-order valence-corrected chi connectivity index (χ0v) is 13.5. The van der Waals surface area contributed by atoms with Crippen LogP contribution in [0.2, 0.25) is 0 Å². The number of anilines is 1. The van der Waals surface area contributed by atoms with Crippen LogP contribution >= 0.6 is 12.4 Å². The molecule has 2 aliphatic rings. The maximum absolute atomic E-state index is 11.6. The third-order valence-corrected chi connectivity index (χ3v) is 4.52. The summed E-state index contributed by atoms with van der Waals surface area (Å²) >= 11 is 0. The van der Waals surface area contributed by atoms with E-state index in [1.165, 1.54) is 24.8 Å². The van der Waals surface area contributed by atoms with Crippen molar-refractivity contribution < 1.29 is 9.53 Å². The van der Waals surface area contributed by atoms with Gasteiger partial charge in [-0.05, 0) is 48.6 Å². The summed E-state index contributed by atoms with van der Waals surface area (Å²) in [5.41, 5.74) is 3.57. The third kappa shape index (κ3) is 3.16. The first-order chi connectivity index (χ1) is 9.61. The van der Waals surface area contributed by atoms with E-state index in [1.54, 1.807) is 0 Å². The van der Waals surface area contributed by atoms with E-state index in [0.717, 1.165) is 32.6 Å². The highest BCUT2D eigenvalue weighted by atomic mass is 35.5. The molecule has 0 radical (unpaired) electrons. The average Bonchev–Trinajstić information content (AvgIpc) is 3.05. The molecule has 1 saturated heterocycles. The van der Waals surface area contributed by atoms with Crippen LogP contribution in [-0.2, 0) is 11.2 Å². The largest absolute Gasteiger partial charge is 0.465 e. The topological polar surface area (TPSA) is 41.6 Å². The Hall–Kier alpha value is -1.26. The smallest absolute Gasteiger partial charge is 0.337 e. The third-order valence-electron chi connectivity index (χ3n) is 4.52. The number of hydrogen-bond acceptors (Lipinski definition) is 4.